The zero-order valence-electron chi connectivity index (χ0n) is 24.5. The van der Waals surface area contributed by atoms with E-state index in [9.17, 15) is 39.6 Å². The summed E-state index contributed by atoms with van der Waals surface area (Å²) in [7, 11) is 1.95. The number of aliphatic hydroxyl groups excluding tert-OH is 1. The molecular formula is C30H38N2O11. The van der Waals surface area contributed by atoms with Crippen LogP contribution in [-0.4, -0.2) is 98.7 Å². The zero-order valence-corrected chi connectivity index (χ0v) is 24.5. The van der Waals surface area contributed by atoms with Gasteiger partial charge in [-0.25, -0.2) is 9.59 Å². The molecule has 0 aromatic heterocycles. The number of aliphatic carboxylic acids is 1. The Labute approximate surface area is 248 Å². The van der Waals surface area contributed by atoms with E-state index < -0.39 is 65.6 Å². The topological polar surface area (TPSA) is 192 Å². The summed E-state index contributed by atoms with van der Waals surface area (Å²) in [5, 5.41) is 44.8. The lowest BCUT2D eigenvalue weighted by atomic mass is 9.50. The largest absolute Gasteiger partial charge is 0.504 e. The summed E-state index contributed by atoms with van der Waals surface area (Å²) in [6.07, 6.45) is -2.17. The van der Waals surface area contributed by atoms with Crippen LogP contribution in [0.3, 0.4) is 0 Å². The van der Waals surface area contributed by atoms with E-state index in [1.165, 1.54) is 6.92 Å². The Morgan fingerprint density at radius 1 is 1.21 bits per heavy atom. The number of nitrogens with zero attached hydrogens (tertiary/aromatic N) is 1. The maximum atomic E-state index is 12.9. The third-order valence-electron chi connectivity index (χ3n) is 9.20. The number of carboxylic acid groups (broad SMARTS) is 1. The van der Waals surface area contributed by atoms with E-state index in [2.05, 4.69) is 10.2 Å². The molecule has 5 N–H and O–H groups in total. The van der Waals surface area contributed by atoms with Crippen LogP contribution in [0.5, 0.6) is 11.5 Å². The number of aromatic hydroxyl groups is 1. The van der Waals surface area contributed by atoms with Crippen molar-refractivity contribution in [2.45, 2.75) is 94.3 Å². The molecule has 0 saturated carbocycles. The maximum absolute atomic E-state index is 12.9. The zero-order chi connectivity index (χ0) is 31.4. The highest BCUT2D eigenvalue weighted by atomic mass is 16.6. The SMILES string of the molecule is CC(C)C[C@H](NC(=O)[C@H](C)OC(=O)[C@@H](O)CC(=O)OC1=CC[C@@]2(O)[C@H]3Cc4ccc(O)c5c4[C@@]2(CCN3C)[C@H]1O5)C(=O)O. The van der Waals surface area contributed by atoms with Crippen molar-refractivity contribution < 1.29 is 53.8 Å². The van der Waals surface area contributed by atoms with Crippen molar-refractivity contribution in [3.8, 4) is 11.5 Å². The molecular weight excluding hydrogens is 564 g/mol. The van der Waals surface area contributed by atoms with E-state index in [0.29, 0.717) is 19.4 Å². The number of ether oxygens (including phenoxy) is 3. The van der Waals surface area contributed by atoms with Gasteiger partial charge in [-0.05, 0) is 63.4 Å². The number of rotatable bonds is 10. The summed E-state index contributed by atoms with van der Waals surface area (Å²) in [5.74, 6) is -4.06. The number of piperidine rings is 1. The molecule has 7 atom stereocenters. The number of hydrogen-bond donors (Lipinski definition) is 5. The van der Waals surface area contributed by atoms with Gasteiger partial charge in [-0.15, -0.1) is 0 Å². The smallest absolute Gasteiger partial charge is 0.336 e. The molecule has 43 heavy (non-hydrogen) atoms. The number of esters is 2. The Hall–Kier alpha value is -3.68. The number of phenols is 1. The number of aliphatic hydroxyl groups is 2. The van der Waals surface area contributed by atoms with Gasteiger partial charge in [-0.2, -0.15) is 0 Å². The Balaban J connectivity index is 1.26. The van der Waals surface area contributed by atoms with Crippen molar-refractivity contribution in [1.82, 2.24) is 10.2 Å². The van der Waals surface area contributed by atoms with E-state index >= 15 is 0 Å². The predicted octanol–water partition coefficient (Wildman–Crippen LogP) is 0.511. The van der Waals surface area contributed by atoms with Crippen molar-refractivity contribution in [3.05, 3.63) is 35.1 Å². The average Bonchev–Trinajstić information content (AvgIpc) is 3.29. The lowest BCUT2D eigenvalue weighted by molar-refractivity contribution is -0.172. The molecule has 2 aliphatic heterocycles. The first-order valence-corrected chi connectivity index (χ1v) is 14.5. The lowest BCUT2D eigenvalue weighted by Gasteiger charge is -2.61. The van der Waals surface area contributed by atoms with Gasteiger partial charge in [-0.3, -0.25) is 9.59 Å². The number of nitrogens with one attached hydrogen (secondary N) is 1. The van der Waals surface area contributed by atoms with Crippen molar-refractivity contribution in [3.63, 3.8) is 0 Å². The fourth-order valence-corrected chi connectivity index (χ4v) is 7.14. The van der Waals surface area contributed by atoms with Crippen molar-refractivity contribution in [2.24, 2.45) is 5.92 Å². The van der Waals surface area contributed by atoms with Gasteiger partial charge in [-0.1, -0.05) is 19.9 Å². The number of hydrogen-bond acceptors (Lipinski definition) is 11. The van der Waals surface area contributed by atoms with Crippen molar-refractivity contribution in [1.29, 1.82) is 0 Å². The predicted molar refractivity (Wildman–Crippen MR) is 148 cm³/mol. The van der Waals surface area contributed by atoms with Gasteiger partial charge in [0.1, 0.15) is 11.8 Å². The highest BCUT2D eigenvalue weighted by Gasteiger charge is 2.72. The molecule has 2 aliphatic carbocycles. The van der Waals surface area contributed by atoms with Crippen LogP contribution >= 0.6 is 0 Å². The number of likely N-dealkylation sites (tertiary alicyclic amines) is 1. The number of likely N-dealkylation sites (N-methyl/N-ethyl adjacent to an activating group) is 1. The summed E-state index contributed by atoms with van der Waals surface area (Å²) >= 11 is 0. The van der Waals surface area contributed by atoms with Gasteiger partial charge < -0.3 is 44.9 Å². The molecule has 1 amide bonds. The standard InChI is InChI=1S/C30H38N2O11/c1-14(2)11-17(27(37)38)31-26(36)15(3)41-28(39)19(34)13-22(35)42-20-7-8-30(40)21-12-16-5-6-18(33)24-23(16)29(30,25(20)43-24)9-10-32(21)4/h5-7,14-15,17,19,21,25,33-34,40H,8-13H2,1-4H3,(H,31,36)(H,37,38)/t15-,17-,19-,21+,25-,29-,30+/m0/s1. The molecule has 1 fully saturated rings. The Morgan fingerprint density at radius 3 is 2.60 bits per heavy atom. The van der Waals surface area contributed by atoms with E-state index in [1.807, 2.05) is 13.1 Å². The summed E-state index contributed by atoms with van der Waals surface area (Å²) in [5.41, 5.74) is -0.554. The van der Waals surface area contributed by atoms with Crippen LogP contribution in [-0.2, 0) is 40.5 Å². The number of carbonyl (C=O) groups excluding carboxylic acids is 3. The van der Waals surface area contributed by atoms with Gasteiger partial charge in [0.15, 0.2) is 29.8 Å². The van der Waals surface area contributed by atoms with Crippen molar-refractivity contribution in [2.75, 3.05) is 13.6 Å². The van der Waals surface area contributed by atoms with Crippen LogP contribution in [0.25, 0.3) is 0 Å². The fraction of sp³-hybridized carbons (Fsp3) is 0.600. The van der Waals surface area contributed by atoms with E-state index in [4.69, 9.17) is 14.2 Å². The number of carboxylic acids is 1. The third kappa shape index (κ3) is 5.02. The minimum atomic E-state index is -1.97. The van der Waals surface area contributed by atoms with Gasteiger partial charge in [0.25, 0.3) is 5.91 Å². The minimum absolute atomic E-state index is 0.0182. The number of carbonyl (C=O) groups is 4. The first-order chi connectivity index (χ1) is 20.2. The summed E-state index contributed by atoms with van der Waals surface area (Å²) in [6.45, 7) is 5.45. The van der Waals surface area contributed by atoms with Crippen LogP contribution in [0.1, 0.15) is 57.6 Å². The van der Waals surface area contributed by atoms with Crippen molar-refractivity contribution >= 4 is 23.8 Å². The molecule has 0 radical (unpaired) electrons. The molecule has 13 heteroatoms. The molecule has 13 nitrogen and oxygen atoms in total. The second-order valence-corrected chi connectivity index (χ2v) is 12.4. The molecule has 5 rings (SSSR count). The first kappa shape index (κ1) is 30.8. The molecule has 2 heterocycles. The normalized spacial score (nSPS) is 29.0. The summed E-state index contributed by atoms with van der Waals surface area (Å²) in [6, 6.07) is 1.97. The second kappa shape index (κ2) is 11.1. The maximum Gasteiger partial charge on any atom is 0.336 e. The second-order valence-electron chi connectivity index (χ2n) is 12.4. The number of phenolic OH excluding ortho intramolecular Hbond substituents is 1. The molecule has 234 valence electrons. The summed E-state index contributed by atoms with van der Waals surface area (Å²) in [4.78, 5) is 51.3. The molecule has 1 saturated heterocycles. The first-order valence-electron chi connectivity index (χ1n) is 14.5. The molecule has 4 aliphatic rings. The fourth-order valence-electron chi connectivity index (χ4n) is 7.14. The van der Waals surface area contributed by atoms with Crippen LogP contribution in [0.4, 0.5) is 0 Å². The Bertz CT molecular complexity index is 1380. The monoisotopic (exact) mass is 602 g/mol. The molecule has 0 unspecified atom stereocenters. The summed E-state index contributed by atoms with van der Waals surface area (Å²) < 4.78 is 16.8. The lowest BCUT2D eigenvalue weighted by Crippen LogP contribution is -2.74. The number of benzene rings is 1. The van der Waals surface area contributed by atoms with Crippen LogP contribution < -0.4 is 10.1 Å². The van der Waals surface area contributed by atoms with Gasteiger partial charge >= 0.3 is 17.9 Å². The highest BCUT2D eigenvalue weighted by Crippen LogP contribution is 2.65. The van der Waals surface area contributed by atoms with Gasteiger partial charge in [0.05, 0.1) is 17.4 Å². The number of amides is 1. The van der Waals surface area contributed by atoms with Crippen LogP contribution in [0.2, 0.25) is 0 Å². The molecule has 2 bridgehead atoms. The van der Waals surface area contributed by atoms with Crippen LogP contribution in [0.15, 0.2) is 24.0 Å². The molecule has 1 aromatic rings. The van der Waals surface area contributed by atoms with Gasteiger partial charge in [0, 0.05) is 18.0 Å². The van der Waals surface area contributed by atoms with E-state index in [-0.39, 0.29) is 42.1 Å². The minimum Gasteiger partial charge on any atom is -0.504 e. The van der Waals surface area contributed by atoms with E-state index in [1.54, 1.807) is 26.0 Å². The molecule has 1 spiro atoms. The third-order valence-corrected chi connectivity index (χ3v) is 9.20. The quantitative estimate of drug-likeness (QED) is 0.234. The average molecular weight is 603 g/mol. The Kier molecular flexibility index (Phi) is 7.95. The Morgan fingerprint density at radius 2 is 1.93 bits per heavy atom. The van der Waals surface area contributed by atoms with E-state index in [0.717, 1.165) is 11.1 Å². The molecule has 1 aromatic carbocycles. The van der Waals surface area contributed by atoms with Crippen LogP contribution in [0, 0.1) is 5.92 Å². The highest BCUT2D eigenvalue weighted by molar-refractivity contribution is 5.89. The van der Waals surface area contributed by atoms with Gasteiger partial charge in [0.2, 0.25) is 0 Å².